The maximum absolute atomic E-state index is 10.7. The second-order valence-electron chi connectivity index (χ2n) is 1.54. The summed E-state index contributed by atoms with van der Waals surface area (Å²) < 4.78 is 0. The molecule has 1 nitrogen and oxygen atoms in total. The van der Waals surface area contributed by atoms with Gasteiger partial charge < -0.3 is 0 Å². The third-order valence-electron chi connectivity index (χ3n) is 0.613. The first kappa shape index (κ1) is 9.11. The third-order valence-corrected chi connectivity index (χ3v) is 1.43. The van der Waals surface area contributed by atoms with Crippen molar-refractivity contribution in [1.82, 2.24) is 0 Å². The molecule has 0 radical (unpaired) electrons. The molecule has 9 heavy (non-hydrogen) atoms. The van der Waals surface area contributed by atoms with E-state index >= 15 is 0 Å². The smallest absolute Gasteiger partial charge is 0.212 e. The summed E-state index contributed by atoms with van der Waals surface area (Å²) in [6.45, 7) is 3.74. The summed E-state index contributed by atoms with van der Waals surface area (Å²) >= 11 is 5.25. The standard InChI is InChI=1S/C6H10OS2/c1-3-9-6(7)4-5(2)8/h4,8H,3H2,1-2H3/b5-4-. The minimum absolute atomic E-state index is 0.0880. The number of hydrogen-bond donors (Lipinski definition) is 1. The van der Waals surface area contributed by atoms with Gasteiger partial charge in [0, 0.05) is 6.08 Å². The quantitative estimate of drug-likeness (QED) is 0.494. The summed E-state index contributed by atoms with van der Waals surface area (Å²) in [6.07, 6.45) is 1.53. The van der Waals surface area contributed by atoms with E-state index in [0.717, 1.165) is 10.7 Å². The molecule has 0 saturated carbocycles. The Morgan fingerprint density at radius 1 is 1.78 bits per heavy atom. The molecule has 3 heteroatoms. The van der Waals surface area contributed by atoms with E-state index in [1.807, 2.05) is 6.92 Å². The number of thioether (sulfide) groups is 1. The highest BCUT2D eigenvalue weighted by molar-refractivity contribution is 8.14. The van der Waals surface area contributed by atoms with Gasteiger partial charge >= 0.3 is 0 Å². The molecule has 0 spiro atoms. The van der Waals surface area contributed by atoms with Crippen molar-refractivity contribution in [3.8, 4) is 0 Å². The van der Waals surface area contributed by atoms with Crippen molar-refractivity contribution in [3.05, 3.63) is 11.0 Å². The normalized spacial score (nSPS) is 11.7. The molecule has 52 valence electrons. The zero-order chi connectivity index (χ0) is 7.28. The fraction of sp³-hybridized carbons (Fsp3) is 0.500. The van der Waals surface area contributed by atoms with E-state index in [4.69, 9.17) is 0 Å². The number of hydrogen-bond acceptors (Lipinski definition) is 3. The molecule has 0 aromatic carbocycles. The number of carbonyl (C=O) groups excluding carboxylic acids is 1. The van der Waals surface area contributed by atoms with Crippen molar-refractivity contribution in [1.29, 1.82) is 0 Å². The van der Waals surface area contributed by atoms with Gasteiger partial charge in [0.05, 0.1) is 0 Å². The van der Waals surface area contributed by atoms with Crippen molar-refractivity contribution < 1.29 is 4.79 Å². The Kier molecular flexibility index (Phi) is 5.00. The largest absolute Gasteiger partial charge is 0.282 e. The van der Waals surface area contributed by atoms with E-state index in [1.54, 1.807) is 6.92 Å². The van der Waals surface area contributed by atoms with Gasteiger partial charge in [0.15, 0.2) is 0 Å². The predicted octanol–water partition coefficient (Wildman–Crippen LogP) is 2.10. The zero-order valence-electron chi connectivity index (χ0n) is 5.55. The van der Waals surface area contributed by atoms with E-state index < -0.39 is 0 Å². The lowest BCUT2D eigenvalue weighted by atomic mass is 10.6. The van der Waals surface area contributed by atoms with Gasteiger partial charge in [-0.2, -0.15) is 0 Å². The van der Waals surface area contributed by atoms with Crippen LogP contribution in [-0.2, 0) is 4.79 Å². The molecule has 0 unspecified atom stereocenters. The van der Waals surface area contributed by atoms with Gasteiger partial charge in [-0.25, -0.2) is 0 Å². The molecule has 0 aliphatic carbocycles. The molecule has 0 atom stereocenters. The molecule has 0 saturated heterocycles. The van der Waals surface area contributed by atoms with Crippen molar-refractivity contribution >= 4 is 29.5 Å². The van der Waals surface area contributed by atoms with Crippen LogP contribution < -0.4 is 0 Å². The first-order valence-electron chi connectivity index (χ1n) is 2.70. The molecular weight excluding hydrogens is 152 g/mol. The Morgan fingerprint density at radius 2 is 2.33 bits per heavy atom. The van der Waals surface area contributed by atoms with Gasteiger partial charge in [0.1, 0.15) is 0 Å². The fourth-order valence-corrected chi connectivity index (χ4v) is 1.10. The molecule has 0 fully saturated rings. The van der Waals surface area contributed by atoms with Gasteiger partial charge in [-0.05, 0) is 17.6 Å². The lowest BCUT2D eigenvalue weighted by Gasteiger charge is -1.88. The average molecular weight is 162 g/mol. The molecule has 0 aliphatic heterocycles. The summed E-state index contributed by atoms with van der Waals surface area (Å²) in [6, 6.07) is 0. The van der Waals surface area contributed by atoms with Crippen molar-refractivity contribution in [2.75, 3.05) is 5.75 Å². The number of thiol groups is 1. The van der Waals surface area contributed by atoms with Crippen LogP contribution >= 0.6 is 24.4 Å². The van der Waals surface area contributed by atoms with Crippen molar-refractivity contribution in [2.24, 2.45) is 0 Å². The topological polar surface area (TPSA) is 17.1 Å². The van der Waals surface area contributed by atoms with Crippen LogP contribution in [0.5, 0.6) is 0 Å². The Morgan fingerprint density at radius 3 is 2.67 bits per heavy atom. The second kappa shape index (κ2) is 4.94. The van der Waals surface area contributed by atoms with Gasteiger partial charge in [-0.1, -0.05) is 18.7 Å². The van der Waals surface area contributed by atoms with E-state index in [-0.39, 0.29) is 5.12 Å². The predicted molar refractivity (Wildman–Crippen MR) is 45.9 cm³/mol. The van der Waals surface area contributed by atoms with E-state index in [0.29, 0.717) is 0 Å². The number of rotatable bonds is 2. The van der Waals surface area contributed by atoms with E-state index in [2.05, 4.69) is 12.6 Å². The van der Waals surface area contributed by atoms with Crippen molar-refractivity contribution in [2.45, 2.75) is 13.8 Å². The second-order valence-corrected chi connectivity index (χ2v) is 3.51. The molecule has 0 aromatic rings. The Bertz CT molecular complexity index is 125. The minimum atomic E-state index is 0.0880. The first-order valence-corrected chi connectivity index (χ1v) is 4.14. The highest BCUT2D eigenvalue weighted by atomic mass is 32.2. The highest BCUT2D eigenvalue weighted by Crippen LogP contribution is 2.05. The summed E-state index contributed by atoms with van der Waals surface area (Å²) in [4.78, 5) is 11.5. The molecule has 0 aliphatic rings. The van der Waals surface area contributed by atoms with Gasteiger partial charge in [-0.15, -0.1) is 12.6 Å². The minimum Gasteiger partial charge on any atom is -0.282 e. The monoisotopic (exact) mass is 162 g/mol. The highest BCUT2D eigenvalue weighted by Gasteiger charge is 1.93. The summed E-state index contributed by atoms with van der Waals surface area (Å²) in [5.41, 5.74) is 0. The molecule has 0 rings (SSSR count). The molecule has 0 N–H and O–H groups in total. The maximum atomic E-state index is 10.7. The Hall–Kier alpha value is 0.110. The summed E-state index contributed by atoms with van der Waals surface area (Å²) in [5.74, 6) is 0.830. The van der Waals surface area contributed by atoms with Crippen LogP contribution in [0.2, 0.25) is 0 Å². The maximum Gasteiger partial charge on any atom is 0.212 e. The van der Waals surface area contributed by atoms with Crippen LogP contribution in [0.1, 0.15) is 13.8 Å². The van der Waals surface area contributed by atoms with Crippen LogP contribution in [-0.4, -0.2) is 10.9 Å². The summed E-state index contributed by atoms with van der Waals surface area (Å²) in [7, 11) is 0. The molecule has 0 amide bonds. The van der Waals surface area contributed by atoms with Crippen LogP contribution in [0.25, 0.3) is 0 Å². The lowest BCUT2D eigenvalue weighted by molar-refractivity contribution is -0.107. The zero-order valence-corrected chi connectivity index (χ0v) is 7.26. The van der Waals surface area contributed by atoms with Gasteiger partial charge in [0.25, 0.3) is 0 Å². The SMILES string of the molecule is CCSC(=O)/C=C(/C)S. The summed E-state index contributed by atoms with van der Waals surface area (Å²) in [5, 5.41) is 0.0880. The Balaban J connectivity index is 3.63. The van der Waals surface area contributed by atoms with E-state index in [1.165, 1.54) is 17.8 Å². The van der Waals surface area contributed by atoms with Crippen LogP contribution in [0, 0.1) is 0 Å². The van der Waals surface area contributed by atoms with Crippen LogP contribution in [0.3, 0.4) is 0 Å². The van der Waals surface area contributed by atoms with Crippen LogP contribution in [0.4, 0.5) is 0 Å². The van der Waals surface area contributed by atoms with Crippen molar-refractivity contribution in [3.63, 3.8) is 0 Å². The van der Waals surface area contributed by atoms with Gasteiger partial charge in [0.2, 0.25) is 5.12 Å². The van der Waals surface area contributed by atoms with E-state index in [9.17, 15) is 4.79 Å². The molecule has 0 heterocycles. The number of allylic oxidation sites excluding steroid dienone is 1. The molecule has 0 bridgehead atoms. The Labute approximate surface area is 65.3 Å². The van der Waals surface area contributed by atoms with Gasteiger partial charge in [-0.3, -0.25) is 4.79 Å². The molecule has 0 aromatic heterocycles. The number of carbonyl (C=O) groups is 1. The average Bonchev–Trinajstić information content (AvgIpc) is 1.63. The lowest BCUT2D eigenvalue weighted by Crippen LogP contribution is -1.84. The molecular formula is C6H10OS2. The van der Waals surface area contributed by atoms with Crippen LogP contribution in [0.15, 0.2) is 11.0 Å². The third kappa shape index (κ3) is 5.99. The fourth-order valence-electron chi connectivity index (χ4n) is 0.354. The first-order chi connectivity index (χ1) is 4.16.